The van der Waals surface area contributed by atoms with E-state index >= 15 is 0 Å². The Labute approximate surface area is 197 Å². The summed E-state index contributed by atoms with van der Waals surface area (Å²) in [5.41, 5.74) is 1.07. The number of carbonyl (C=O) groups excluding carboxylic acids is 1. The SMILES string of the molecule is C=CCOc1ccccc1CNC(=NC)NC1CCN(C(=O)C2CCCCC2)C1.I. The van der Waals surface area contributed by atoms with Gasteiger partial charge in [0, 0.05) is 44.2 Å². The van der Waals surface area contributed by atoms with E-state index in [4.69, 9.17) is 4.74 Å². The first kappa shape index (κ1) is 24.5. The van der Waals surface area contributed by atoms with E-state index in [9.17, 15) is 4.79 Å². The fourth-order valence-electron chi connectivity index (χ4n) is 4.19. The van der Waals surface area contributed by atoms with Gasteiger partial charge in [-0.05, 0) is 25.3 Å². The zero-order chi connectivity index (χ0) is 20.5. The molecule has 1 saturated carbocycles. The highest BCUT2D eigenvalue weighted by Crippen LogP contribution is 2.26. The first-order chi connectivity index (χ1) is 14.2. The quantitative estimate of drug-likeness (QED) is 0.246. The zero-order valence-electron chi connectivity index (χ0n) is 17.9. The van der Waals surface area contributed by atoms with Gasteiger partial charge in [-0.1, -0.05) is 50.1 Å². The van der Waals surface area contributed by atoms with Gasteiger partial charge in [0.05, 0.1) is 0 Å². The van der Waals surface area contributed by atoms with Crippen molar-refractivity contribution in [2.75, 3.05) is 26.7 Å². The summed E-state index contributed by atoms with van der Waals surface area (Å²) in [6.45, 7) is 6.39. The van der Waals surface area contributed by atoms with E-state index in [0.717, 1.165) is 49.6 Å². The van der Waals surface area contributed by atoms with Crippen LogP contribution >= 0.6 is 24.0 Å². The molecule has 1 aliphatic heterocycles. The highest BCUT2D eigenvalue weighted by molar-refractivity contribution is 14.0. The number of ether oxygens (including phenoxy) is 1. The van der Waals surface area contributed by atoms with Crippen LogP contribution in [-0.2, 0) is 11.3 Å². The molecule has 3 rings (SSSR count). The summed E-state index contributed by atoms with van der Waals surface area (Å²) < 4.78 is 5.72. The monoisotopic (exact) mass is 526 g/mol. The van der Waals surface area contributed by atoms with E-state index in [2.05, 4.69) is 22.2 Å². The Morgan fingerprint density at radius 1 is 1.27 bits per heavy atom. The Balaban J connectivity index is 0.00000320. The number of nitrogens with zero attached hydrogens (tertiary/aromatic N) is 2. The van der Waals surface area contributed by atoms with Crippen molar-refractivity contribution in [1.29, 1.82) is 0 Å². The molecule has 1 aromatic carbocycles. The number of aliphatic imine (C=N–C) groups is 1. The predicted molar refractivity (Wildman–Crippen MR) is 132 cm³/mol. The number of amides is 1. The largest absolute Gasteiger partial charge is 0.489 e. The Hall–Kier alpha value is -1.77. The minimum atomic E-state index is 0. The number of halogens is 1. The third-order valence-electron chi connectivity index (χ3n) is 5.79. The molecule has 1 saturated heterocycles. The summed E-state index contributed by atoms with van der Waals surface area (Å²) >= 11 is 0. The fourth-order valence-corrected chi connectivity index (χ4v) is 4.19. The van der Waals surface area contributed by atoms with Gasteiger partial charge in [-0.3, -0.25) is 9.79 Å². The van der Waals surface area contributed by atoms with E-state index in [1.54, 1.807) is 13.1 Å². The zero-order valence-corrected chi connectivity index (χ0v) is 20.3. The van der Waals surface area contributed by atoms with E-state index < -0.39 is 0 Å². The molecule has 2 aliphatic rings. The van der Waals surface area contributed by atoms with Crippen molar-refractivity contribution >= 4 is 35.8 Å². The van der Waals surface area contributed by atoms with E-state index in [0.29, 0.717) is 19.1 Å². The molecule has 0 bridgehead atoms. The molecular weight excluding hydrogens is 491 g/mol. The van der Waals surface area contributed by atoms with Crippen LogP contribution in [0.1, 0.15) is 44.1 Å². The van der Waals surface area contributed by atoms with Gasteiger partial charge in [0.25, 0.3) is 0 Å². The van der Waals surface area contributed by atoms with Crippen LogP contribution in [0.2, 0.25) is 0 Å². The topological polar surface area (TPSA) is 66.0 Å². The number of carbonyl (C=O) groups is 1. The van der Waals surface area contributed by atoms with Crippen LogP contribution < -0.4 is 15.4 Å². The molecule has 166 valence electrons. The molecule has 0 spiro atoms. The summed E-state index contributed by atoms with van der Waals surface area (Å²) in [4.78, 5) is 19.2. The second-order valence-electron chi connectivity index (χ2n) is 7.88. The van der Waals surface area contributed by atoms with Gasteiger partial charge in [-0.15, -0.1) is 24.0 Å². The number of guanidine groups is 1. The maximum atomic E-state index is 12.8. The van der Waals surface area contributed by atoms with Gasteiger partial charge in [0.2, 0.25) is 5.91 Å². The minimum Gasteiger partial charge on any atom is -0.489 e. The number of para-hydroxylation sites is 1. The number of rotatable bonds is 7. The maximum absolute atomic E-state index is 12.8. The van der Waals surface area contributed by atoms with Crippen molar-refractivity contribution < 1.29 is 9.53 Å². The van der Waals surface area contributed by atoms with E-state index in [-0.39, 0.29) is 35.9 Å². The fraction of sp³-hybridized carbons (Fsp3) is 0.565. The molecule has 1 aromatic rings. The number of hydrogen-bond acceptors (Lipinski definition) is 3. The van der Waals surface area contributed by atoms with Crippen molar-refractivity contribution in [3.63, 3.8) is 0 Å². The van der Waals surface area contributed by atoms with Crippen molar-refractivity contribution in [2.24, 2.45) is 10.9 Å². The standard InChI is InChI=1S/C23H34N4O2.HI/c1-3-15-29-21-12-8-7-11-19(21)16-25-23(24-2)26-20-13-14-27(17-20)22(28)18-9-5-4-6-10-18;/h3,7-8,11-12,18,20H,1,4-6,9-10,13-17H2,2H3,(H2,24,25,26);1H. The normalized spacial score (nSPS) is 19.7. The lowest BCUT2D eigenvalue weighted by atomic mass is 9.88. The van der Waals surface area contributed by atoms with Gasteiger partial charge < -0.3 is 20.3 Å². The summed E-state index contributed by atoms with van der Waals surface area (Å²) in [5.74, 6) is 2.19. The van der Waals surface area contributed by atoms with Crippen LogP contribution in [0.15, 0.2) is 41.9 Å². The first-order valence-electron chi connectivity index (χ1n) is 10.8. The maximum Gasteiger partial charge on any atom is 0.225 e. The van der Waals surface area contributed by atoms with Gasteiger partial charge in [-0.2, -0.15) is 0 Å². The van der Waals surface area contributed by atoms with Gasteiger partial charge in [0.1, 0.15) is 12.4 Å². The number of nitrogens with one attached hydrogen (secondary N) is 2. The molecule has 1 atom stereocenters. The third-order valence-corrected chi connectivity index (χ3v) is 5.79. The Kier molecular flexibility index (Phi) is 10.5. The molecule has 2 fully saturated rings. The van der Waals surface area contributed by atoms with Crippen LogP contribution in [0.3, 0.4) is 0 Å². The van der Waals surface area contributed by atoms with Gasteiger partial charge in [-0.25, -0.2) is 0 Å². The number of benzene rings is 1. The lowest BCUT2D eigenvalue weighted by molar-refractivity contribution is -0.135. The third kappa shape index (κ3) is 6.89. The summed E-state index contributed by atoms with van der Waals surface area (Å²) in [6, 6.07) is 8.20. The van der Waals surface area contributed by atoms with Crippen LogP contribution in [0.4, 0.5) is 0 Å². The summed E-state index contributed by atoms with van der Waals surface area (Å²) in [7, 11) is 1.77. The predicted octanol–water partition coefficient (Wildman–Crippen LogP) is 3.72. The number of hydrogen-bond donors (Lipinski definition) is 2. The smallest absolute Gasteiger partial charge is 0.225 e. The highest BCUT2D eigenvalue weighted by Gasteiger charge is 2.31. The molecule has 1 unspecified atom stereocenters. The molecule has 6 nitrogen and oxygen atoms in total. The molecule has 1 heterocycles. The lowest BCUT2D eigenvalue weighted by Gasteiger charge is -2.26. The average molecular weight is 526 g/mol. The van der Waals surface area contributed by atoms with Crippen molar-refractivity contribution in [2.45, 2.75) is 51.1 Å². The van der Waals surface area contributed by atoms with Crippen LogP contribution in [0, 0.1) is 5.92 Å². The second-order valence-corrected chi connectivity index (χ2v) is 7.88. The van der Waals surface area contributed by atoms with E-state index in [1.807, 2.05) is 29.2 Å². The molecule has 2 N–H and O–H groups in total. The molecular formula is C23H35IN4O2. The Morgan fingerprint density at radius 3 is 2.77 bits per heavy atom. The van der Waals surface area contributed by atoms with Crippen molar-refractivity contribution in [1.82, 2.24) is 15.5 Å². The molecule has 1 amide bonds. The average Bonchev–Trinajstić information content (AvgIpc) is 3.24. The Bertz CT molecular complexity index is 719. The Morgan fingerprint density at radius 2 is 2.03 bits per heavy atom. The lowest BCUT2D eigenvalue weighted by Crippen LogP contribution is -2.45. The molecule has 0 radical (unpaired) electrons. The minimum absolute atomic E-state index is 0. The molecule has 30 heavy (non-hydrogen) atoms. The van der Waals surface area contributed by atoms with Crippen LogP contribution in [-0.4, -0.2) is 49.6 Å². The second kappa shape index (κ2) is 12.8. The molecule has 1 aliphatic carbocycles. The van der Waals surface area contributed by atoms with Gasteiger partial charge >= 0.3 is 0 Å². The van der Waals surface area contributed by atoms with Crippen molar-refractivity contribution in [3.8, 4) is 5.75 Å². The summed E-state index contributed by atoms with van der Waals surface area (Å²) in [5, 5.41) is 6.84. The molecule has 7 heteroatoms. The first-order valence-corrected chi connectivity index (χ1v) is 10.8. The van der Waals surface area contributed by atoms with E-state index in [1.165, 1.54) is 19.3 Å². The highest BCUT2D eigenvalue weighted by atomic mass is 127. The van der Waals surface area contributed by atoms with Crippen LogP contribution in [0.5, 0.6) is 5.75 Å². The van der Waals surface area contributed by atoms with Gasteiger partial charge in [0.15, 0.2) is 5.96 Å². The number of likely N-dealkylation sites (tertiary alicyclic amines) is 1. The van der Waals surface area contributed by atoms with Crippen LogP contribution in [0.25, 0.3) is 0 Å². The molecule has 0 aromatic heterocycles. The van der Waals surface area contributed by atoms with Crippen molar-refractivity contribution in [3.05, 3.63) is 42.5 Å². The summed E-state index contributed by atoms with van der Waals surface area (Å²) in [6.07, 6.45) is 8.48.